The van der Waals surface area contributed by atoms with Gasteiger partial charge in [0.25, 0.3) is 5.91 Å². The van der Waals surface area contributed by atoms with E-state index in [1.807, 2.05) is 43.6 Å². The van der Waals surface area contributed by atoms with Gasteiger partial charge in [0, 0.05) is 38.6 Å². The Hall–Kier alpha value is -2.15. The van der Waals surface area contributed by atoms with Crippen molar-refractivity contribution in [1.82, 2.24) is 19.6 Å². The summed E-state index contributed by atoms with van der Waals surface area (Å²) in [5.41, 5.74) is 0.430. The Labute approximate surface area is 151 Å². The van der Waals surface area contributed by atoms with Gasteiger partial charge in [-0.3, -0.25) is 14.3 Å². The average molecular weight is 358 g/mol. The molecule has 0 bridgehead atoms. The van der Waals surface area contributed by atoms with Crippen molar-refractivity contribution in [3.63, 3.8) is 0 Å². The third-order valence-electron chi connectivity index (χ3n) is 5.36. The second-order valence-corrected chi connectivity index (χ2v) is 7.60. The molecule has 0 N–H and O–H groups in total. The number of amides is 2. The van der Waals surface area contributed by atoms with Crippen LogP contribution in [0.5, 0.6) is 0 Å². The molecule has 0 radical (unpaired) electrons. The van der Waals surface area contributed by atoms with Crippen molar-refractivity contribution in [1.29, 1.82) is 0 Å². The molecule has 2 aliphatic rings. The predicted molar refractivity (Wildman–Crippen MR) is 95.2 cm³/mol. The lowest BCUT2D eigenvalue weighted by molar-refractivity contribution is -0.150. The number of carbonyl (C=O) groups excluding carboxylic acids is 2. The fourth-order valence-corrected chi connectivity index (χ4v) is 4.35. The summed E-state index contributed by atoms with van der Waals surface area (Å²) in [5.74, 6) is 0.302. The Balaban J connectivity index is 1.48. The number of thiophene rings is 1. The van der Waals surface area contributed by atoms with Crippen LogP contribution in [0.3, 0.4) is 0 Å². The number of hydrogen-bond donors (Lipinski definition) is 0. The van der Waals surface area contributed by atoms with Crippen molar-refractivity contribution in [3.8, 4) is 0 Å². The zero-order chi connectivity index (χ0) is 17.3. The normalized spacial score (nSPS) is 19.5. The largest absolute Gasteiger partial charge is 0.342 e. The van der Waals surface area contributed by atoms with Gasteiger partial charge in [-0.25, -0.2) is 0 Å². The van der Waals surface area contributed by atoms with Crippen LogP contribution in [-0.4, -0.2) is 57.6 Å². The summed E-state index contributed by atoms with van der Waals surface area (Å²) in [6.07, 6.45) is 6.36. The molecule has 0 aromatic carbocycles. The Kier molecular flexibility index (Phi) is 4.33. The molecule has 2 aromatic rings. The Bertz CT molecular complexity index is 729. The van der Waals surface area contributed by atoms with Crippen LogP contribution in [0.15, 0.2) is 35.3 Å². The number of rotatable bonds is 4. The standard InChI is InChI=1S/C18H22N4O2S/c23-16(13-15-3-12-25-14-15)20-10-4-18(5-11-20,22-9-1-6-19-22)17(24)21-7-2-8-21/h1,3,6,9,12,14H,2,4-5,7-8,10-11,13H2. The van der Waals surface area contributed by atoms with Crippen LogP contribution in [0.4, 0.5) is 0 Å². The lowest BCUT2D eigenvalue weighted by Crippen LogP contribution is -2.59. The first-order valence-electron chi connectivity index (χ1n) is 8.77. The molecule has 6 nitrogen and oxygen atoms in total. The molecule has 2 fully saturated rings. The molecule has 0 saturated carbocycles. The van der Waals surface area contributed by atoms with Crippen LogP contribution in [-0.2, 0) is 21.5 Å². The lowest BCUT2D eigenvalue weighted by Gasteiger charge is -2.45. The molecule has 132 valence electrons. The van der Waals surface area contributed by atoms with Gasteiger partial charge in [0.05, 0.1) is 6.42 Å². The highest BCUT2D eigenvalue weighted by Crippen LogP contribution is 2.33. The summed E-state index contributed by atoms with van der Waals surface area (Å²) in [4.78, 5) is 29.5. The molecule has 0 unspecified atom stereocenters. The lowest BCUT2D eigenvalue weighted by atomic mass is 9.85. The van der Waals surface area contributed by atoms with Gasteiger partial charge in [-0.15, -0.1) is 0 Å². The molecule has 0 aliphatic carbocycles. The van der Waals surface area contributed by atoms with Crippen LogP contribution in [0.25, 0.3) is 0 Å². The summed E-state index contributed by atoms with van der Waals surface area (Å²) >= 11 is 1.61. The highest BCUT2D eigenvalue weighted by molar-refractivity contribution is 7.08. The fraction of sp³-hybridized carbons (Fsp3) is 0.500. The average Bonchev–Trinajstić information content (AvgIpc) is 3.27. The summed E-state index contributed by atoms with van der Waals surface area (Å²) in [7, 11) is 0. The summed E-state index contributed by atoms with van der Waals surface area (Å²) < 4.78 is 1.81. The van der Waals surface area contributed by atoms with Gasteiger partial charge < -0.3 is 9.80 Å². The maximum atomic E-state index is 13.1. The van der Waals surface area contributed by atoms with Gasteiger partial charge >= 0.3 is 0 Å². The highest BCUT2D eigenvalue weighted by Gasteiger charge is 2.47. The van der Waals surface area contributed by atoms with Crippen LogP contribution >= 0.6 is 11.3 Å². The first-order valence-corrected chi connectivity index (χ1v) is 9.72. The molecule has 7 heteroatoms. The molecular formula is C18H22N4O2S. The number of carbonyl (C=O) groups is 2. The Morgan fingerprint density at radius 3 is 2.52 bits per heavy atom. The molecule has 2 aromatic heterocycles. The SMILES string of the molecule is O=C(Cc1ccsc1)N1CCC(C(=O)N2CCC2)(n2cccn2)CC1. The minimum Gasteiger partial charge on any atom is -0.342 e. The Morgan fingerprint density at radius 1 is 1.16 bits per heavy atom. The van der Waals surface area contributed by atoms with E-state index in [-0.39, 0.29) is 11.8 Å². The minimum absolute atomic E-state index is 0.142. The van der Waals surface area contributed by atoms with Crippen LogP contribution in [0, 0.1) is 0 Å². The van der Waals surface area contributed by atoms with Gasteiger partial charge in [-0.2, -0.15) is 16.4 Å². The quantitative estimate of drug-likeness (QED) is 0.836. The Morgan fingerprint density at radius 2 is 1.96 bits per heavy atom. The number of hydrogen-bond acceptors (Lipinski definition) is 4. The second kappa shape index (κ2) is 6.63. The molecule has 4 heterocycles. The van der Waals surface area contributed by atoms with Crippen LogP contribution in [0.1, 0.15) is 24.8 Å². The van der Waals surface area contributed by atoms with Gasteiger partial charge in [-0.1, -0.05) is 0 Å². The molecule has 2 amide bonds. The third kappa shape index (κ3) is 2.97. The van der Waals surface area contributed by atoms with E-state index in [0.29, 0.717) is 32.4 Å². The molecular weight excluding hydrogens is 336 g/mol. The topological polar surface area (TPSA) is 58.4 Å². The smallest absolute Gasteiger partial charge is 0.250 e. The first kappa shape index (κ1) is 16.3. The fourth-order valence-electron chi connectivity index (χ4n) is 3.68. The minimum atomic E-state index is -0.636. The zero-order valence-electron chi connectivity index (χ0n) is 14.1. The van der Waals surface area contributed by atoms with Crippen molar-refractivity contribution in [2.24, 2.45) is 0 Å². The van der Waals surface area contributed by atoms with E-state index < -0.39 is 5.54 Å². The molecule has 2 aliphatic heterocycles. The van der Waals surface area contributed by atoms with Crippen molar-refractivity contribution < 1.29 is 9.59 Å². The summed E-state index contributed by atoms with van der Waals surface area (Å²) in [6.45, 7) is 2.87. The van der Waals surface area contributed by atoms with E-state index in [4.69, 9.17) is 0 Å². The molecule has 25 heavy (non-hydrogen) atoms. The third-order valence-corrected chi connectivity index (χ3v) is 6.10. The van der Waals surface area contributed by atoms with E-state index >= 15 is 0 Å². The van der Waals surface area contributed by atoms with Gasteiger partial charge in [0.1, 0.15) is 5.54 Å². The van der Waals surface area contributed by atoms with Crippen molar-refractivity contribution in [2.45, 2.75) is 31.2 Å². The van der Waals surface area contributed by atoms with E-state index in [1.54, 1.807) is 17.5 Å². The van der Waals surface area contributed by atoms with Crippen molar-refractivity contribution in [3.05, 3.63) is 40.8 Å². The van der Waals surface area contributed by atoms with Crippen LogP contribution < -0.4 is 0 Å². The molecule has 0 spiro atoms. The van der Waals surface area contributed by atoms with Gasteiger partial charge in [0.15, 0.2) is 0 Å². The van der Waals surface area contributed by atoms with E-state index in [0.717, 1.165) is 25.1 Å². The maximum absolute atomic E-state index is 13.1. The highest BCUT2D eigenvalue weighted by atomic mass is 32.1. The molecule has 2 saturated heterocycles. The first-order chi connectivity index (χ1) is 12.2. The number of aromatic nitrogens is 2. The van der Waals surface area contributed by atoms with Crippen LogP contribution in [0.2, 0.25) is 0 Å². The van der Waals surface area contributed by atoms with E-state index in [9.17, 15) is 9.59 Å². The monoisotopic (exact) mass is 358 g/mol. The van der Waals surface area contributed by atoms with Crippen molar-refractivity contribution in [2.75, 3.05) is 26.2 Å². The second-order valence-electron chi connectivity index (χ2n) is 6.82. The summed E-state index contributed by atoms with van der Waals surface area (Å²) in [6, 6.07) is 3.85. The van der Waals surface area contributed by atoms with E-state index in [2.05, 4.69) is 5.10 Å². The van der Waals surface area contributed by atoms with Gasteiger partial charge in [-0.05, 0) is 47.7 Å². The summed E-state index contributed by atoms with van der Waals surface area (Å²) in [5, 5.41) is 8.38. The van der Waals surface area contributed by atoms with Gasteiger partial charge in [0.2, 0.25) is 5.91 Å². The predicted octanol–water partition coefficient (Wildman–Crippen LogP) is 1.74. The number of nitrogens with zero attached hydrogens (tertiary/aromatic N) is 4. The maximum Gasteiger partial charge on any atom is 0.250 e. The molecule has 0 atom stereocenters. The number of likely N-dealkylation sites (tertiary alicyclic amines) is 2. The zero-order valence-corrected chi connectivity index (χ0v) is 15.0. The number of piperidine rings is 1. The van der Waals surface area contributed by atoms with E-state index in [1.165, 1.54) is 0 Å². The van der Waals surface area contributed by atoms with Crippen molar-refractivity contribution >= 4 is 23.2 Å². The molecule has 4 rings (SSSR count).